The summed E-state index contributed by atoms with van der Waals surface area (Å²) in [5, 5.41) is 3.34. The molecular weight excluding hydrogens is 390 g/mol. The van der Waals surface area contributed by atoms with E-state index < -0.39 is 9.84 Å². The summed E-state index contributed by atoms with van der Waals surface area (Å²) in [5.74, 6) is -0.277. The number of amides is 1. The second kappa shape index (κ2) is 7.53. The lowest BCUT2D eigenvalue weighted by Crippen LogP contribution is -2.15. The van der Waals surface area contributed by atoms with E-state index in [1.54, 1.807) is 36.4 Å². The molecule has 4 rings (SSSR count). The first-order valence-electron chi connectivity index (χ1n) is 9.30. The Morgan fingerprint density at radius 1 is 0.964 bits per heavy atom. The van der Waals surface area contributed by atoms with E-state index in [0.717, 1.165) is 41.7 Å². The molecule has 1 aliphatic rings. The molecule has 1 aromatic heterocycles. The minimum absolute atomic E-state index is 0.257. The number of hydrogen-bond acceptors (Lipinski definition) is 4. The Morgan fingerprint density at radius 2 is 1.64 bits per heavy atom. The molecule has 0 atom stereocenters. The Balaban J connectivity index is 1.81. The third kappa shape index (κ3) is 3.38. The number of carbonyl (C=O) groups is 1. The van der Waals surface area contributed by atoms with Crippen LogP contribution in [0.1, 0.15) is 39.2 Å². The van der Waals surface area contributed by atoms with Crippen LogP contribution in [0.25, 0.3) is 0 Å². The summed E-state index contributed by atoms with van der Waals surface area (Å²) in [7, 11) is -3.71. The van der Waals surface area contributed by atoms with Gasteiger partial charge in [-0.3, -0.25) is 4.79 Å². The predicted octanol–water partition coefficient (Wildman–Crippen LogP) is 5.02. The largest absolute Gasteiger partial charge is 0.312 e. The van der Waals surface area contributed by atoms with Gasteiger partial charge in [-0.1, -0.05) is 36.4 Å². The van der Waals surface area contributed by atoms with Crippen molar-refractivity contribution >= 4 is 32.1 Å². The van der Waals surface area contributed by atoms with E-state index in [4.69, 9.17) is 0 Å². The molecular formula is C22H21NO3S2. The third-order valence-electron chi connectivity index (χ3n) is 5.06. The van der Waals surface area contributed by atoms with Crippen LogP contribution in [0.4, 0.5) is 5.00 Å². The number of carbonyl (C=O) groups excluding carboxylic acids is 1. The standard InChI is InChI=1S/C22H21NO3S2/c1-15-9-5-6-12-17(15)21(24)23-22-20(18-13-7-8-14-19(18)27-22)28(25,26)16-10-3-2-4-11-16/h2-6,9-12H,7-8,13-14H2,1H3,(H,23,24). The molecule has 1 aliphatic carbocycles. The van der Waals surface area contributed by atoms with Gasteiger partial charge in [-0.15, -0.1) is 11.3 Å². The minimum atomic E-state index is -3.71. The molecule has 0 saturated heterocycles. The molecule has 0 spiro atoms. The van der Waals surface area contributed by atoms with Crippen molar-refractivity contribution in [1.82, 2.24) is 0 Å². The quantitative estimate of drug-likeness (QED) is 0.656. The van der Waals surface area contributed by atoms with E-state index in [9.17, 15) is 13.2 Å². The van der Waals surface area contributed by atoms with Crippen molar-refractivity contribution in [2.75, 3.05) is 5.32 Å². The van der Waals surface area contributed by atoms with E-state index >= 15 is 0 Å². The number of benzene rings is 2. The second-order valence-corrected chi connectivity index (χ2v) is 9.95. The monoisotopic (exact) mass is 411 g/mol. The molecule has 1 amide bonds. The molecule has 0 aliphatic heterocycles. The van der Waals surface area contributed by atoms with Gasteiger partial charge in [0.15, 0.2) is 0 Å². The number of anilines is 1. The van der Waals surface area contributed by atoms with Crippen LogP contribution in [-0.4, -0.2) is 14.3 Å². The van der Waals surface area contributed by atoms with Crippen LogP contribution < -0.4 is 5.32 Å². The fourth-order valence-corrected chi connectivity index (χ4v) is 6.91. The van der Waals surface area contributed by atoms with Crippen molar-refractivity contribution < 1.29 is 13.2 Å². The predicted molar refractivity (Wildman–Crippen MR) is 112 cm³/mol. The number of sulfone groups is 1. The zero-order valence-electron chi connectivity index (χ0n) is 15.6. The maximum absolute atomic E-state index is 13.4. The van der Waals surface area contributed by atoms with Crippen LogP contribution in [0.5, 0.6) is 0 Å². The highest BCUT2D eigenvalue weighted by Gasteiger charge is 2.31. The summed E-state index contributed by atoms with van der Waals surface area (Å²) in [4.78, 5) is 14.5. The minimum Gasteiger partial charge on any atom is -0.312 e. The van der Waals surface area contributed by atoms with Crippen molar-refractivity contribution in [3.05, 3.63) is 76.2 Å². The van der Waals surface area contributed by atoms with Crippen LogP contribution in [0, 0.1) is 6.92 Å². The topological polar surface area (TPSA) is 63.2 Å². The molecule has 144 valence electrons. The van der Waals surface area contributed by atoms with Gasteiger partial charge in [0.1, 0.15) is 9.90 Å². The fourth-order valence-electron chi connectivity index (χ4n) is 3.62. The fraction of sp³-hybridized carbons (Fsp3) is 0.227. The lowest BCUT2D eigenvalue weighted by atomic mass is 9.99. The Labute approximate surface area is 169 Å². The maximum atomic E-state index is 13.4. The smallest absolute Gasteiger partial charge is 0.256 e. The number of hydrogen-bond donors (Lipinski definition) is 1. The Bertz CT molecular complexity index is 1130. The van der Waals surface area contributed by atoms with Gasteiger partial charge in [-0.2, -0.15) is 0 Å². The number of thiophene rings is 1. The molecule has 0 saturated carbocycles. The average molecular weight is 412 g/mol. The molecule has 1 N–H and O–H groups in total. The van der Waals surface area contributed by atoms with Crippen LogP contribution in [-0.2, 0) is 22.7 Å². The van der Waals surface area contributed by atoms with Crippen molar-refractivity contribution in [3.63, 3.8) is 0 Å². The van der Waals surface area contributed by atoms with Crippen LogP contribution in [0.15, 0.2) is 64.4 Å². The zero-order valence-corrected chi connectivity index (χ0v) is 17.2. The number of nitrogens with one attached hydrogen (secondary N) is 1. The van der Waals surface area contributed by atoms with E-state index in [1.165, 1.54) is 11.3 Å². The number of aryl methyl sites for hydroxylation is 2. The highest BCUT2D eigenvalue weighted by atomic mass is 32.2. The van der Waals surface area contributed by atoms with Crippen LogP contribution in [0.3, 0.4) is 0 Å². The highest BCUT2D eigenvalue weighted by molar-refractivity contribution is 7.92. The highest BCUT2D eigenvalue weighted by Crippen LogP contribution is 2.43. The molecule has 2 aromatic carbocycles. The van der Waals surface area contributed by atoms with E-state index in [-0.39, 0.29) is 15.7 Å². The first-order valence-corrected chi connectivity index (χ1v) is 11.6. The lowest BCUT2D eigenvalue weighted by molar-refractivity contribution is 0.102. The van der Waals surface area contributed by atoms with Crippen LogP contribution in [0.2, 0.25) is 0 Å². The summed E-state index contributed by atoms with van der Waals surface area (Å²) < 4.78 is 26.9. The van der Waals surface area contributed by atoms with Gasteiger partial charge in [-0.05, 0) is 61.9 Å². The molecule has 4 nitrogen and oxygen atoms in total. The van der Waals surface area contributed by atoms with Gasteiger partial charge in [0.2, 0.25) is 9.84 Å². The van der Waals surface area contributed by atoms with Gasteiger partial charge in [0, 0.05) is 10.4 Å². The summed E-state index contributed by atoms with van der Waals surface area (Å²) >= 11 is 1.40. The van der Waals surface area contributed by atoms with Crippen molar-refractivity contribution in [2.45, 2.75) is 42.4 Å². The summed E-state index contributed by atoms with van der Waals surface area (Å²) in [5.41, 5.74) is 2.28. The average Bonchev–Trinajstić information content (AvgIpc) is 3.07. The molecule has 0 fully saturated rings. The molecule has 0 radical (unpaired) electrons. The zero-order chi connectivity index (χ0) is 19.7. The van der Waals surface area contributed by atoms with Crippen molar-refractivity contribution in [1.29, 1.82) is 0 Å². The Kier molecular flexibility index (Phi) is 5.08. The van der Waals surface area contributed by atoms with Gasteiger partial charge in [0.25, 0.3) is 5.91 Å². The third-order valence-corrected chi connectivity index (χ3v) is 8.28. The Morgan fingerprint density at radius 3 is 2.39 bits per heavy atom. The van der Waals surface area contributed by atoms with Crippen molar-refractivity contribution in [3.8, 4) is 0 Å². The summed E-state index contributed by atoms with van der Waals surface area (Å²) in [6, 6.07) is 15.8. The second-order valence-electron chi connectivity index (χ2n) is 6.95. The maximum Gasteiger partial charge on any atom is 0.256 e. The normalized spacial score (nSPS) is 13.8. The van der Waals surface area contributed by atoms with Crippen LogP contribution >= 0.6 is 11.3 Å². The summed E-state index contributed by atoms with van der Waals surface area (Å²) in [6.45, 7) is 1.87. The van der Waals surface area contributed by atoms with Gasteiger partial charge in [0.05, 0.1) is 4.90 Å². The van der Waals surface area contributed by atoms with Gasteiger partial charge < -0.3 is 5.32 Å². The van der Waals surface area contributed by atoms with E-state index in [1.807, 2.05) is 25.1 Å². The molecule has 3 aromatic rings. The molecule has 28 heavy (non-hydrogen) atoms. The first kappa shape index (κ1) is 18.9. The molecule has 0 unspecified atom stereocenters. The van der Waals surface area contributed by atoms with Crippen molar-refractivity contribution in [2.24, 2.45) is 0 Å². The summed E-state index contributed by atoms with van der Waals surface area (Å²) in [6.07, 6.45) is 3.60. The number of fused-ring (bicyclic) bond motifs is 1. The molecule has 0 bridgehead atoms. The van der Waals surface area contributed by atoms with E-state index in [0.29, 0.717) is 10.6 Å². The Hall–Kier alpha value is -2.44. The SMILES string of the molecule is Cc1ccccc1C(=O)Nc1sc2c(c1S(=O)(=O)c1ccccc1)CCCC2. The molecule has 6 heteroatoms. The van der Waals surface area contributed by atoms with E-state index in [2.05, 4.69) is 5.32 Å². The lowest BCUT2D eigenvalue weighted by Gasteiger charge is -2.14. The van der Waals surface area contributed by atoms with Gasteiger partial charge >= 0.3 is 0 Å². The molecule has 1 heterocycles. The first-order chi connectivity index (χ1) is 13.5. The number of rotatable bonds is 4. The van der Waals surface area contributed by atoms with Gasteiger partial charge in [-0.25, -0.2) is 8.42 Å².